The Morgan fingerprint density at radius 1 is 0.243 bits per heavy atom. The predicted molar refractivity (Wildman–Crippen MR) is 173 cm³/mol. The summed E-state index contributed by atoms with van der Waals surface area (Å²) in [6.45, 7) is 9.63. The predicted octanol–water partition coefficient (Wildman–Crippen LogP) is 14.4. The molecule has 0 spiro atoms. The van der Waals surface area contributed by atoms with E-state index in [1.165, 1.54) is 199 Å². The quantitative estimate of drug-likeness (QED) is 0.0773. The average Bonchev–Trinajstić information content (AvgIpc) is 2.89. The molecule has 0 fully saturated rings. The van der Waals surface area contributed by atoms with Gasteiger partial charge in [-0.3, -0.25) is 0 Å². The third-order valence-electron chi connectivity index (χ3n) is 8.99. The summed E-state index contributed by atoms with van der Waals surface area (Å²) in [6.07, 6.45) is 45.6. The Bertz CT molecular complexity index is 349. The minimum absolute atomic E-state index is 0.964. The SMILES string of the molecule is CCCCCCCCCCCC[C@@H](C)CCCCCCCCC[C@@H](C)CCCCCCCCCCCC. The Morgan fingerprint density at radius 3 is 0.595 bits per heavy atom. The van der Waals surface area contributed by atoms with Crippen LogP contribution in [0.2, 0.25) is 0 Å². The fourth-order valence-electron chi connectivity index (χ4n) is 6.12. The first kappa shape index (κ1) is 37.0. The topological polar surface area (TPSA) is 0 Å². The van der Waals surface area contributed by atoms with Gasteiger partial charge in [-0.1, -0.05) is 227 Å². The van der Waals surface area contributed by atoms with Crippen LogP contribution in [-0.2, 0) is 0 Å². The molecule has 0 N–H and O–H groups in total. The fourth-order valence-corrected chi connectivity index (χ4v) is 6.12. The van der Waals surface area contributed by atoms with Crippen LogP contribution in [0.5, 0.6) is 0 Å². The average molecular weight is 521 g/mol. The van der Waals surface area contributed by atoms with Gasteiger partial charge in [0.25, 0.3) is 0 Å². The molecule has 0 heteroatoms. The summed E-state index contributed by atoms with van der Waals surface area (Å²) in [5.41, 5.74) is 0. The van der Waals surface area contributed by atoms with Crippen molar-refractivity contribution in [3.05, 3.63) is 0 Å². The first-order valence-electron chi connectivity index (χ1n) is 18.2. The van der Waals surface area contributed by atoms with Crippen LogP contribution >= 0.6 is 0 Å². The molecule has 0 aromatic rings. The zero-order valence-electron chi connectivity index (χ0n) is 27.1. The van der Waals surface area contributed by atoms with Crippen molar-refractivity contribution in [3.8, 4) is 0 Å². The van der Waals surface area contributed by atoms with E-state index in [1.807, 2.05) is 0 Å². The van der Waals surface area contributed by atoms with Gasteiger partial charge in [0.15, 0.2) is 0 Å². The van der Waals surface area contributed by atoms with Crippen LogP contribution in [0, 0.1) is 11.8 Å². The Kier molecular flexibility index (Phi) is 32.2. The van der Waals surface area contributed by atoms with E-state index in [4.69, 9.17) is 0 Å². The molecule has 0 aliphatic carbocycles. The van der Waals surface area contributed by atoms with Crippen LogP contribution in [0.3, 0.4) is 0 Å². The highest BCUT2D eigenvalue weighted by Crippen LogP contribution is 2.21. The third-order valence-corrected chi connectivity index (χ3v) is 8.99. The first-order valence-corrected chi connectivity index (χ1v) is 18.2. The second-order valence-electron chi connectivity index (χ2n) is 13.2. The van der Waals surface area contributed by atoms with Crippen molar-refractivity contribution in [2.75, 3.05) is 0 Å². The van der Waals surface area contributed by atoms with Crippen molar-refractivity contribution in [2.24, 2.45) is 11.8 Å². The number of hydrogen-bond donors (Lipinski definition) is 0. The summed E-state index contributed by atoms with van der Waals surface area (Å²) in [5.74, 6) is 1.93. The zero-order chi connectivity index (χ0) is 27.1. The Labute approximate surface area is 238 Å². The van der Waals surface area contributed by atoms with E-state index in [1.54, 1.807) is 0 Å². The monoisotopic (exact) mass is 521 g/mol. The standard InChI is InChI=1S/C37H76/c1-5-7-9-11-13-15-17-20-24-28-32-36(3)34-30-26-22-19-23-27-31-35-37(4)33-29-25-21-18-16-14-12-10-8-6-2/h36-37H,5-35H2,1-4H3/t36-,37+. The largest absolute Gasteiger partial charge is 0.0654 e. The lowest BCUT2D eigenvalue weighted by Crippen LogP contribution is -1.96. The maximum Gasteiger partial charge on any atom is -0.0443 e. The molecule has 0 saturated heterocycles. The molecule has 0 aliphatic heterocycles. The molecule has 0 aromatic heterocycles. The highest BCUT2D eigenvalue weighted by Gasteiger charge is 2.04. The van der Waals surface area contributed by atoms with Gasteiger partial charge in [-0.15, -0.1) is 0 Å². The van der Waals surface area contributed by atoms with Gasteiger partial charge in [0.1, 0.15) is 0 Å². The second-order valence-corrected chi connectivity index (χ2v) is 13.2. The molecule has 0 amide bonds. The molecule has 2 atom stereocenters. The molecule has 0 aliphatic rings. The van der Waals surface area contributed by atoms with Crippen molar-refractivity contribution in [1.29, 1.82) is 0 Å². The summed E-state index contributed by atoms with van der Waals surface area (Å²) in [5, 5.41) is 0. The molecule has 0 radical (unpaired) electrons. The maximum absolute atomic E-state index is 2.50. The van der Waals surface area contributed by atoms with Gasteiger partial charge in [0, 0.05) is 0 Å². The molecular formula is C37H76. The van der Waals surface area contributed by atoms with Crippen LogP contribution < -0.4 is 0 Å². The van der Waals surface area contributed by atoms with Gasteiger partial charge < -0.3 is 0 Å². The fraction of sp³-hybridized carbons (Fsp3) is 1.00. The van der Waals surface area contributed by atoms with Crippen molar-refractivity contribution in [2.45, 2.75) is 227 Å². The van der Waals surface area contributed by atoms with Crippen LogP contribution in [0.25, 0.3) is 0 Å². The van der Waals surface area contributed by atoms with E-state index in [0.29, 0.717) is 0 Å². The van der Waals surface area contributed by atoms with E-state index in [2.05, 4.69) is 27.7 Å². The van der Waals surface area contributed by atoms with Crippen molar-refractivity contribution < 1.29 is 0 Å². The van der Waals surface area contributed by atoms with Gasteiger partial charge in [0.2, 0.25) is 0 Å². The lowest BCUT2D eigenvalue weighted by molar-refractivity contribution is 0.421. The van der Waals surface area contributed by atoms with E-state index in [0.717, 1.165) is 11.8 Å². The summed E-state index contributed by atoms with van der Waals surface area (Å²) in [6, 6.07) is 0. The smallest absolute Gasteiger partial charge is 0.0443 e. The molecule has 0 saturated carbocycles. The van der Waals surface area contributed by atoms with Crippen molar-refractivity contribution in [3.63, 3.8) is 0 Å². The number of hydrogen-bond acceptors (Lipinski definition) is 0. The van der Waals surface area contributed by atoms with Crippen LogP contribution in [0.4, 0.5) is 0 Å². The van der Waals surface area contributed by atoms with Gasteiger partial charge in [0.05, 0.1) is 0 Å². The summed E-state index contributed by atoms with van der Waals surface area (Å²) in [7, 11) is 0. The highest BCUT2D eigenvalue weighted by molar-refractivity contribution is 4.58. The van der Waals surface area contributed by atoms with Gasteiger partial charge in [-0.2, -0.15) is 0 Å². The molecule has 0 unspecified atom stereocenters. The van der Waals surface area contributed by atoms with E-state index < -0.39 is 0 Å². The van der Waals surface area contributed by atoms with Crippen LogP contribution in [0.1, 0.15) is 227 Å². The lowest BCUT2D eigenvalue weighted by Gasteiger charge is -2.12. The van der Waals surface area contributed by atoms with E-state index in [-0.39, 0.29) is 0 Å². The van der Waals surface area contributed by atoms with Crippen molar-refractivity contribution >= 4 is 0 Å². The normalized spacial score (nSPS) is 13.3. The van der Waals surface area contributed by atoms with Gasteiger partial charge >= 0.3 is 0 Å². The van der Waals surface area contributed by atoms with Crippen LogP contribution in [-0.4, -0.2) is 0 Å². The maximum atomic E-state index is 2.50. The van der Waals surface area contributed by atoms with Gasteiger partial charge in [-0.25, -0.2) is 0 Å². The Hall–Kier alpha value is 0. The molecule has 224 valence electrons. The van der Waals surface area contributed by atoms with Crippen molar-refractivity contribution in [1.82, 2.24) is 0 Å². The van der Waals surface area contributed by atoms with E-state index in [9.17, 15) is 0 Å². The zero-order valence-corrected chi connectivity index (χ0v) is 27.1. The molecule has 0 aromatic carbocycles. The second kappa shape index (κ2) is 32.2. The highest BCUT2D eigenvalue weighted by atomic mass is 14.1. The Morgan fingerprint density at radius 2 is 0.405 bits per heavy atom. The van der Waals surface area contributed by atoms with Gasteiger partial charge in [-0.05, 0) is 11.8 Å². The first-order chi connectivity index (χ1) is 18.2. The summed E-state index contributed by atoms with van der Waals surface area (Å²) < 4.78 is 0. The molecule has 0 bridgehead atoms. The molecule has 0 heterocycles. The molecule has 37 heavy (non-hydrogen) atoms. The minimum atomic E-state index is 0.964. The molecule has 0 nitrogen and oxygen atoms in total. The molecule has 0 rings (SSSR count). The lowest BCUT2D eigenvalue weighted by atomic mass is 9.95. The van der Waals surface area contributed by atoms with Crippen LogP contribution in [0.15, 0.2) is 0 Å². The summed E-state index contributed by atoms with van der Waals surface area (Å²) >= 11 is 0. The third kappa shape index (κ3) is 32.1. The molecular weight excluding hydrogens is 444 g/mol. The summed E-state index contributed by atoms with van der Waals surface area (Å²) in [4.78, 5) is 0. The Balaban J connectivity index is 3.23. The number of unbranched alkanes of at least 4 members (excludes halogenated alkanes) is 24. The number of rotatable bonds is 32. The minimum Gasteiger partial charge on any atom is -0.0654 e. The van der Waals surface area contributed by atoms with E-state index >= 15 is 0 Å².